The van der Waals surface area contributed by atoms with E-state index in [-0.39, 0.29) is 11.9 Å². The highest BCUT2D eigenvalue weighted by atomic mass is 32.1. The van der Waals surface area contributed by atoms with E-state index in [2.05, 4.69) is 15.2 Å². The molecule has 0 unspecified atom stereocenters. The number of aromatic nitrogens is 3. The summed E-state index contributed by atoms with van der Waals surface area (Å²) in [4.78, 5) is 32.4. The molecule has 1 aliphatic heterocycles. The Balaban J connectivity index is 1.42. The van der Waals surface area contributed by atoms with Gasteiger partial charge in [-0.2, -0.15) is 0 Å². The van der Waals surface area contributed by atoms with Gasteiger partial charge in [0.15, 0.2) is 10.0 Å². The highest BCUT2D eigenvalue weighted by molar-refractivity contribution is 7.20. The summed E-state index contributed by atoms with van der Waals surface area (Å²) in [5.74, 6) is -0.781. The van der Waals surface area contributed by atoms with Gasteiger partial charge < -0.3 is 9.80 Å². The van der Waals surface area contributed by atoms with Crippen molar-refractivity contribution < 1.29 is 9.59 Å². The summed E-state index contributed by atoms with van der Waals surface area (Å²) < 4.78 is 0. The summed E-state index contributed by atoms with van der Waals surface area (Å²) in [6.07, 6.45) is 6.07. The number of rotatable bonds is 4. The first-order valence-electron chi connectivity index (χ1n) is 8.04. The lowest BCUT2D eigenvalue weighted by Gasteiger charge is -2.36. The van der Waals surface area contributed by atoms with Gasteiger partial charge >= 0.3 is 11.8 Å². The van der Waals surface area contributed by atoms with Gasteiger partial charge in [-0.05, 0) is 12.8 Å². The molecule has 1 aliphatic carbocycles. The highest BCUT2D eigenvalue weighted by Crippen LogP contribution is 2.28. The Morgan fingerprint density at radius 2 is 1.92 bits per heavy atom. The number of nitrogens with zero attached hydrogens (tertiary/aromatic N) is 5. The standard InChI is InChI=1S/C15H17N5O2S2/c21-14-15(22)20(10-3-1-2-4-10)7-6-19(14)9-11-17-18-13(24-11)12-16-5-8-23-12/h5,8,10H,1-4,6-7,9H2. The van der Waals surface area contributed by atoms with Gasteiger partial charge in [-0.3, -0.25) is 9.59 Å². The molecular weight excluding hydrogens is 346 g/mol. The summed E-state index contributed by atoms with van der Waals surface area (Å²) in [5.41, 5.74) is 0. The Labute approximate surface area is 147 Å². The van der Waals surface area contributed by atoms with Crippen LogP contribution in [0.5, 0.6) is 0 Å². The summed E-state index contributed by atoms with van der Waals surface area (Å²) >= 11 is 2.93. The quantitative estimate of drug-likeness (QED) is 0.774. The first kappa shape index (κ1) is 15.6. The third kappa shape index (κ3) is 2.93. The maximum atomic E-state index is 12.4. The van der Waals surface area contributed by atoms with Crippen LogP contribution in [0.3, 0.4) is 0 Å². The Morgan fingerprint density at radius 3 is 2.67 bits per heavy atom. The maximum absolute atomic E-state index is 12.4. The topological polar surface area (TPSA) is 79.3 Å². The first-order chi connectivity index (χ1) is 11.7. The van der Waals surface area contributed by atoms with Crippen LogP contribution >= 0.6 is 22.7 Å². The number of carbonyl (C=O) groups is 2. The van der Waals surface area contributed by atoms with Crippen molar-refractivity contribution in [1.29, 1.82) is 0 Å². The second-order valence-corrected chi connectivity index (χ2v) is 7.96. The molecule has 126 valence electrons. The molecule has 7 nitrogen and oxygen atoms in total. The van der Waals surface area contributed by atoms with Crippen molar-refractivity contribution in [3.8, 4) is 10.0 Å². The molecule has 2 amide bonds. The number of amides is 2. The van der Waals surface area contributed by atoms with E-state index in [4.69, 9.17) is 0 Å². The second-order valence-electron chi connectivity index (χ2n) is 6.00. The van der Waals surface area contributed by atoms with Gasteiger partial charge in [-0.15, -0.1) is 21.5 Å². The monoisotopic (exact) mass is 363 g/mol. The zero-order valence-electron chi connectivity index (χ0n) is 13.1. The van der Waals surface area contributed by atoms with Gasteiger partial charge in [-0.1, -0.05) is 24.2 Å². The number of hydrogen-bond donors (Lipinski definition) is 0. The van der Waals surface area contributed by atoms with Gasteiger partial charge in [0.05, 0.1) is 6.54 Å². The van der Waals surface area contributed by atoms with Crippen molar-refractivity contribution in [2.45, 2.75) is 38.3 Å². The largest absolute Gasteiger partial charge is 0.330 e. The molecule has 1 saturated carbocycles. The molecule has 2 aromatic heterocycles. The highest BCUT2D eigenvalue weighted by Gasteiger charge is 2.37. The van der Waals surface area contributed by atoms with Gasteiger partial charge in [0.1, 0.15) is 5.01 Å². The summed E-state index contributed by atoms with van der Waals surface area (Å²) in [7, 11) is 0. The number of hydrogen-bond acceptors (Lipinski definition) is 7. The predicted octanol–water partition coefficient (Wildman–Crippen LogP) is 1.77. The molecule has 9 heteroatoms. The molecule has 0 spiro atoms. The van der Waals surface area contributed by atoms with Crippen LogP contribution in [0.4, 0.5) is 0 Å². The van der Waals surface area contributed by atoms with E-state index in [0.717, 1.165) is 40.7 Å². The van der Waals surface area contributed by atoms with Gasteiger partial charge in [0.2, 0.25) is 0 Å². The maximum Gasteiger partial charge on any atom is 0.312 e. The molecular formula is C15H17N5O2S2. The lowest BCUT2D eigenvalue weighted by molar-refractivity contribution is -0.158. The van der Waals surface area contributed by atoms with E-state index in [1.807, 2.05) is 5.38 Å². The van der Waals surface area contributed by atoms with Crippen molar-refractivity contribution in [2.24, 2.45) is 0 Å². The van der Waals surface area contributed by atoms with Crippen molar-refractivity contribution in [3.05, 3.63) is 16.6 Å². The molecule has 0 radical (unpaired) electrons. The van der Waals surface area contributed by atoms with Crippen LogP contribution in [-0.4, -0.2) is 55.9 Å². The number of thiazole rings is 1. The summed E-state index contributed by atoms with van der Waals surface area (Å²) in [6.45, 7) is 1.52. The Bertz CT molecular complexity index is 739. The molecule has 0 N–H and O–H groups in total. The fourth-order valence-corrected chi connectivity index (χ4v) is 4.83. The van der Waals surface area contributed by atoms with Crippen LogP contribution in [0.2, 0.25) is 0 Å². The lowest BCUT2D eigenvalue weighted by atomic mass is 10.1. The van der Waals surface area contributed by atoms with Crippen LogP contribution in [0, 0.1) is 0 Å². The minimum absolute atomic E-state index is 0.252. The normalized spacial score (nSPS) is 19.5. The molecule has 2 fully saturated rings. The first-order valence-corrected chi connectivity index (χ1v) is 9.74. The predicted molar refractivity (Wildman–Crippen MR) is 90.4 cm³/mol. The van der Waals surface area contributed by atoms with E-state index < -0.39 is 5.91 Å². The second kappa shape index (κ2) is 6.56. The fraction of sp³-hybridized carbons (Fsp3) is 0.533. The molecule has 2 aromatic rings. The summed E-state index contributed by atoms with van der Waals surface area (Å²) in [5, 5.41) is 12.5. The Morgan fingerprint density at radius 1 is 1.08 bits per heavy atom. The average Bonchev–Trinajstić information content (AvgIpc) is 3.32. The molecule has 24 heavy (non-hydrogen) atoms. The Kier molecular flexibility index (Phi) is 4.28. The summed E-state index contributed by atoms with van der Waals surface area (Å²) in [6, 6.07) is 0.252. The minimum atomic E-state index is -0.417. The van der Waals surface area contributed by atoms with Crippen LogP contribution < -0.4 is 0 Å². The van der Waals surface area contributed by atoms with Crippen molar-refractivity contribution in [1.82, 2.24) is 25.0 Å². The zero-order valence-corrected chi connectivity index (χ0v) is 14.7. The molecule has 1 saturated heterocycles. The van der Waals surface area contributed by atoms with Crippen molar-refractivity contribution in [3.63, 3.8) is 0 Å². The van der Waals surface area contributed by atoms with Crippen molar-refractivity contribution >= 4 is 34.5 Å². The number of carbonyl (C=O) groups excluding carboxylic acids is 2. The Hall–Kier alpha value is -1.87. The molecule has 0 atom stereocenters. The van der Waals surface area contributed by atoms with E-state index in [1.54, 1.807) is 16.0 Å². The van der Waals surface area contributed by atoms with Gasteiger partial charge in [0.25, 0.3) is 0 Å². The van der Waals surface area contributed by atoms with Crippen LogP contribution in [-0.2, 0) is 16.1 Å². The van der Waals surface area contributed by atoms with E-state index in [9.17, 15) is 9.59 Å². The smallest absolute Gasteiger partial charge is 0.312 e. The van der Waals surface area contributed by atoms with Gasteiger partial charge in [-0.25, -0.2) is 4.98 Å². The molecule has 0 aromatic carbocycles. The minimum Gasteiger partial charge on any atom is -0.330 e. The number of piperazine rings is 1. The van der Waals surface area contributed by atoms with Crippen molar-refractivity contribution in [2.75, 3.05) is 13.1 Å². The molecule has 3 heterocycles. The fourth-order valence-electron chi connectivity index (χ4n) is 3.30. The van der Waals surface area contributed by atoms with E-state index in [1.165, 1.54) is 22.7 Å². The van der Waals surface area contributed by atoms with Gasteiger partial charge in [0, 0.05) is 30.7 Å². The average molecular weight is 363 g/mol. The van der Waals surface area contributed by atoms with E-state index >= 15 is 0 Å². The zero-order chi connectivity index (χ0) is 16.5. The van der Waals surface area contributed by atoms with Crippen LogP contribution in [0.1, 0.15) is 30.7 Å². The van der Waals surface area contributed by atoms with E-state index in [0.29, 0.717) is 19.6 Å². The third-order valence-corrected chi connectivity index (χ3v) is 6.34. The molecule has 0 bridgehead atoms. The molecule has 2 aliphatic rings. The third-order valence-electron chi connectivity index (χ3n) is 4.52. The molecule has 4 rings (SSSR count). The van der Waals surface area contributed by atoms with Crippen LogP contribution in [0.25, 0.3) is 10.0 Å². The van der Waals surface area contributed by atoms with Crippen LogP contribution in [0.15, 0.2) is 11.6 Å². The lowest BCUT2D eigenvalue weighted by Crippen LogP contribution is -2.56. The SMILES string of the molecule is O=C1C(=O)N(C2CCCC2)CCN1Cc1nnc(-c2nccs2)s1.